The van der Waals surface area contributed by atoms with E-state index in [0.717, 1.165) is 70.5 Å². The highest BCUT2D eigenvalue weighted by molar-refractivity contribution is 6.29. The smallest absolute Gasteiger partial charge is 0.227 e. The number of para-hydroxylation sites is 1. The number of rotatable bonds is 1. The van der Waals surface area contributed by atoms with Crippen molar-refractivity contribution >= 4 is 23.2 Å². The third-order valence-electron chi connectivity index (χ3n) is 8.41. The highest BCUT2D eigenvalue weighted by atomic mass is 35.5. The Labute approximate surface area is 188 Å². The minimum atomic E-state index is -0.140. The number of fused-ring (bicyclic) bond motifs is 4. The standard InChI is InChI=1S/C25H29ClN4O/c26-22-8-7-18-21(29-22)6-3-9-25(18)16-27-14-19(25)23(31)30-12-10-24(11-13-30)15-28-20-5-2-1-4-17(20)24/h1-2,4-5,7-8,19,27-28H,3,6,9-16H2. The summed E-state index contributed by atoms with van der Waals surface area (Å²) in [4.78, 5) is 20.6. The van der Waals surface area contributed by atoms with Gasteiger partial charge in [-0.1, -0.05) is 35.9 Å². The molecule has 2 saturated heterocycles. The van der Waals surface area contributed by atoms with Crippen molar-refractivity contribution in [1.82, 2.24) is 15.2 Å². The number of piperidine rings is 1. The zero-order chi connectivity index (χ0) is 21.1. The van der Waals surface area contributed by atoms with Crippen molar-refractivity contribution in [2.24, 2.45) is 5.92 Å². The van der Waals surface area contributed by atoms with Gasteiger partial charge in [-0.2, -0.15) is 0 Å². The number of nitrogens with zero attached hydrogens (tertiary/aromatic N) is 2. The van der Waals surface area contributed by atoms with E-state index in [9.17, 15) is 4.79 Å². The molecular weight excluding hydrogens is 408 g/mol. The molecule has 1 aliphatic carbocycles. The molecule has 4 heterocycles. The van der Waals surface area contributed by atoms with Crippen molar-refractivity contribution in [2.75, 3.05) is 38.0 Å². The fraction of sp³-hybridized carbons (Fsp3) is 0.520. The first-order valence-corrected chi connectivity index (χ1v) is 12.0. The van der Waals surface area contributed by atoms with Crippen LogP contribution in [0.15, 0.2) is 36.4 Å². The van der Waals surface area contributed by atoms with Gasteiger partial charge in [0, 0.05) is 54.9 Å². The van der Waals surface area contributed by atoms with Gasteiger partial charge in [0.1, 0.15) is 5.15 Å². The Kier molecular flexibility index (Phi) is 4.55. The quantitative estimate of drug-likeness (QED) is 0.671. The Balaban J connectivity index is 1.24. The molecule has 6 heteroatoms. The van der Waals surface area contributed by atoms with E-state index in [1.165, 1.54) is 16.8 Å². The summed E-state index contributed by atoms with van der Waals surface area (Å²) in [6.07, 6.45) is 5.13. The van der Waals surface area contributed by atoms with E-state index in [4.69, 9.17) is 11.6 Å². The van der Waals surface area contributed by atoms with Crippen LogP contribution in [0.2, 0.25) is 5.15 Å². The first-order chi connectivity index (χ1) is 15.1. The van der Waals surface area contributed by atoms with Crippen LogP contribution in [-0.4, -0.2) is 48.5 Å². The van der Waals surface area contributed by atoms with Crippen molar-refractivity contribution in [3.8, 4) is 0 Å². The number of aryl methyl sites for hydroxylation is 1. The lowest BCUT2D eigenvalue weighted by Gasteiger charge is -2.44. The van der Waals surface area contributed by atoms with E-state index >= 15 is 0 Å². The maximum absolute atomic E-state index is 13.8. The van der Waals surface area contributed by atoms with E-state index in [0.29, 0.717) is 11.1 Å². The molecular formula is C25H29ClN4O. The van der Waals surface area contributed by atoms with Crippen LogP contribution in [0.5, 0.6) is 0 Å². The second kappa shape index (κ2) is 7.21. The van der Waals surface area contributed by atoms with Crippen molar-refractivity contribution in [2.45, 2.75) is 42.9 Å². The summed E-state index contributed by atoms with van der Waals surface area (Å²) in [5, 5.41) is 7.69. The van der Waals surface area contributed by atoms with Crippen LogP contribution in [-0.2, 0) is 22.0 Å². The van der Waals surface area contributed by atoms with Gasteiger partial charge in [0.15, 0.2) is 0 Å². The molecule has 2 N–H and O–H groups in total. The van der Waals surface area contributed by atoms with Gasteiger partial charge in [0.05, 0.1) is 5.92 Å². The van der Waals surface area contributed by atoms with E-state index in [-0.39, 0.29) is 16.7 Å². The number of pyridine rings is 1. The van der Waals surface area contributed by atoms with Gasteiger partial charge < -0.3 is 15.5 Å². The Hall–Kier alpha value is -2.11. The van der Waals surface area contributed by atoms with Gasteiger partial charge in [0.25, 0.3) is 0 Å². The molecule has 162 valence electrons. The molecule has 0 radical (unpaired) electrons. The van der Waals surface area contributed by atoms with Crippen LogP contribution >= 0.6 is 11.6 Å². The van der Waals surface area contributed by atoms with Gasteiger partial charge in [-0.05, 0) is 55.4 Å². The predicted octanol–water partition coefficient (Wildman–Crippen LogP) is 3.51. The van der Waals surface area contributed by atoms with Crippen molar-refractivity contribution in [1.29, 1.82) is 0 Å². The lowest BCUT2D eigenvalue weighted by Crippen LogP contribution is -2.52. The van der Waals surface area contributed by atoms with E-state index in [1.54, 1.807) is 0 Å². The number of amides is 1. The van der Waals surface area contributed by atoms with Crippen molar-refractivity contribution in [3.63, 3.8) is 0 Å². The molecule has 0 saturated carbocycles. The Morgan fingerprint density at radius 2 is 1.90 bits per heavy atom. The number of halogens is 1. The molecule has 4 aliphatic rings. The summed E-state index contributed by atoms with van der Waals surface area (Å²) in [5.41, 5.74) is 5.08. The predicted molar refractivity (Wildman–Crippen MR) is 123 cm³/mol. The summed E-state index contributed by atoms with van der Waals surface area (Å²) in [6, 6.07) is 12.7. The van der Waals surface area contributed by atoms with Crippen LogP contribution < -0.4 is 10.6 Å². The van der Waals surface area contributed by atoms with Gasteiger partial charge in [-0.15, -0.1) is 0 Å². The van der Waals surface area contributed by atoms with Crippen LogP contribution in [0.1, 0.15) is 42.5 Å². The average Bonchev–Trinajstić information content (AvgIpc) is 3.37. The molecule has 2 atom stereocenters. The van der Waals surface area contributed by atoms with Gasteiger partial charge in [0.2, 0.25) is 5.91 Å². The molecule has 1 amide bonds. The molecule has 5 nitrogen and oxygen atoms in total. The first kappa shape index (κ1) is 19.6. The summed E-state index contributed by atoms with van der Waals surface area (Å²) >= 11 is 6.18. The molecule has 3 aliphatic heterocycles. The van der Waals surface area contributed by atoms with Gasteiger partial charge in [-0.3, -0.25) is 4.79 Å². The Bertz CT molecular complexity index is 1030. The summed E-state index contributed by atoms with van der Waals surface area (Å²) < 4.78 is 0. The Morgan fingerprint density at radius 3 is 2.77 bits per heavy atom. The van der Waals surface area contributed by atoms with Crippen LogP contribution in [0.3, 0.4) is 0 Å². The second-order valence-corrected chi connectivity index (χ2v) is 10.2. The average molecular weight is 437 g/mol. The number of anilines is 1. The van der Waals surface area contributed by atoms with Crippen molar-refractivity contribution < 1.29 is 4.79 Å². The molecule has 31 heavy (non-hydrogen) atoms. The van der Waals surface area contributed by atoms with Crippen LogP contribution in [0, 0.1) is 5.92 Å². The van der Waals surface area contributed by atoms with Gasteiger partial charge in [-0.25, -0.2) is 4.98 Å². The number of aromatic nitrogens is 1. The lowest BCUT2D eigenvalue weighted by atomic mass is 9.65. The van der Waals surface area contributed by atoms with Crippen LogP contribution in [0.25, 0.3) is 0 Å². The van der Waals surface area contributed by atoms with E-state index < -0.39 is 0 Å². The number of nitrogens with one attached hydrogen (secondary N) is 2. The number of carbonyl (C=O) groups excluding carboxylic acids is 1. The maximum atomic E-state index is 13.8. The molecule has 2 unspecified atom stereocenters. The number of hydrogen-bond acceptors (Lipinski definition) is 4. The SMILES string of the molecule is O=C(C1CNCC12CCCc1nc(Cl)ccc12)N1CCC2(CC1)CNc1ccccc12. The highest BCUT2D eigenvalue weighted by Crippen LogP contribution is 2.47. The number of carbonyl (C=O) groups is 1. The van der Waals surface area contributed by atoms with E-state index in [1.807, 2.05) is 6.07 Å². The molecule has 2 aromatic rings. The largest absolute Gasteiger partial charge is 0.384 e. The molecule has 1 aromatic heterocycles. The summed E-state index contributed by atoms with van der Waals surface area (Å²) in [6.45, 7) is 4.28. The summed E-state index contributed by atoms with van der Waals surface area (Å²) in [5.74, 6) is 0.305. The monoisotopic (exact) mass is 436 g/mol. The highest BCUT2D eigenvalue weighted by Gasteiger charge is 2.52. The minimum absolute atomic E-state index is 0.0161. The minimum Gasteiger partial charge on any atom is -0.384 e. The molecule has 6 rings (SSSR count). The molecule has 0 bridgehead atoms. The van der Waals surface area contributed by atoms with Gasteiger partial charge >= 0.3 is 0 Å². The molecule has 1 aromatic carbocycles. The number of likely N-dealkylation sites (tertiary alicyclic amines) is 1. The van der Waals surface area contributed by atoms with Crippen molar-refractivity contribution in [3.05, 3.63) is 58.4 Å². The third-order valence-corrected chi connectivity index (χ3v) is 8.63. The maximum Gasteiger partial charge on any atom is 0.227 e. The van der Waals surface area contributed by atoms with E-state index in [2.05, 4.69) is 50.8 Å². The zero-order valence-electron chi connectivity index (χ0n) is 17.8. The third kappa shape index (κ3) is 2.93. The fourth-order valence-electron chi connectivity index (χ4n) is 6.73. The summed E-state index contributed by atoms with van der Waals surface area (Å²) in [7, 11) is 0. The second-order valence-electron chi connectivity index (χ2n) is 9.83. The molecule has 2 spiro atoms. The lowest BCUT2D eigenvalue weighted by molar-refractivity contribution is -0.138. The number of benzene rings is 1. The fourth-order valence-corrected chi connectivity index (χ4v) is 6.90. The first-order valence-electron chi connectivity index (χ1n) is 11.6. The Morgan fingerprint density at radius 1 is 1.06 bits per heavy atom. The molecule has 2 fully saturated rings. The zero-order valence-corrected chi connectivity index (χ0v) is 18.5. The normalized spacial score (nSPS) is 28.4. The topological polar surface area (TPSA) is 57.3 Å². The number of hydrogen-bond donors (Lipinski definition) is 2. The van der Waals surface area contributed by atoms with Crippen LogP contribution in [0.4, 0.5) is 5.69 Å².